The number of likely N-dealkylation sites (N-methyl/N-ethyl adjacent to an activating group) is 1. The molecule has 0 aliphatic heterocycles. The van der Waals surface area contributed by atoms with Gasteiger partial charge < -0.3 is 10.2 Å². The molecule has 22 heavy (non-hydrogen) atoms. The van der Waals surface area contributed by atoms with Crippen LogP contribution in [0.4, 0.5) is 0 Å². The maximum atomic E-state index is 11.9. The Morgan fingerprint density at radius 2 is 1.77 bits per heavy atom. The van der Waals surface area contributed by atoms with Crippen LogP contribution in [-0.4, -0.2) is 70.1 Å². The average Bonchev–Trinajstić information content (AvgIpc) is 2.43. The number of hydrogen-bond donors (Lipinski definition) is 1. The zero-order chi connectivity index (χ0) is 16.6. The number of carbonyl (C=O) groups excluding carboxylic acids is 1. The number of amides is 1. The normalized spacial score (nSPS) is 11.9. The first-order valence-corrected chi connectivity index (χ1v) is 9.04. The van der Waals surface area contributed by atoms with Gasteiger partial charge in [0.2, 0.25) is 15.9 Å². The lowest BCUT2D eigenvalue weighted by atomic mass is 10.1. The summed E-state index contributed by atoms with van der Waals surface area (Å²) in [5, 5.41) is 2.73. The molecule has 0 aliphatic rings. The van der Waals surface area contributed by atoms with E-state index < -0.39 is 10.0 Å². The summed E-state index contributed by atoms with van der Waals surface area (Å²) in [5.41, 5.74) is 1.05. The van der Waals surface area contributed by atoms with Crippen LogP contribution in [0.1, 0.15) is 5.56 Å². The number of carbonyl (C=O) groups is 1. The van der Waals surface area contributed by atoms with Gasteiger partial charge in [0, 0.05) is 19.6 Å². The van der Waals surface area contributed by atoms with Crippen LogP contribution in [0.15, 0.2) is 30.3 Å². The van der Waals surface area contributed by atoms with E-state index in [0.29, 0.717) is 26.1 Å². The van der Waals surface area contributed by atoms with E-state index in [-0.39, 0.29) is 12.5 Å². The Hall–Kier alpha value is -1.44. The molecule has 0 atom stereocenters. The Balaban J connectivity index is 2.53. The van der Waals surface area contributed by atoms with E-state index in [4.69, 9.17) is 0 Å². The van der Waals surface area contributed by atoms with Gasteiger partial charge in [-0.05, 0) is 26.1 Å². The third-order valence-corrected chi connectivity index (χ3v) is 4.41. The molecule has 0 saturated carbocycles. The Morgan fingerprint density at radius 1 is 1.14 bits per heavy atom. The van der Waals surface area contributed by atoms with Crippen molar-refractivity contribution in [1.82, 2.24) is 14.5 Å². The zero-order valence-electron chi connectivity index (χ0n) is 13.4. The Kier molecular flexibility index (Phi) is 7.50. The molecular weight excluding hydrogens is 302 g/mol. The van der Waals surface area contributed by atoms with Gasteiger partial charge in [0.15, 0.2) is 0 Å². The molecule has 1 aromatic rings. The van der Waals surface area contributed by atoms with Crippen LogP contribution in [0, 0.1) is 0 Å². The van der Waals surface area contributed by atoms with Gasteiger partial charge in [0.25, 0.3) is 0 Å². The lowest BCUT2D eigenvalue weighted by Crippen LogP contribution is -2.42. The molecule has 1 aromatic carbocycles. The van der Waals surface area contributed by atoms with E-state index >= 15 is 0 Å². The smallest absolute Gasteiger partial charge is 0.235 e. The van der Waals surface area contributed by atoms with Crippen molar-refractivity contribution in [3.05, 3.63) is 35.9 Å². The van der Waals surface area contributed by atoms with Crippen LogP contribution >= 0.6 is 0 Å². The van der Waals surface area contributed by atoms with Crippen molar-refractivity contribution in [3.8, 4) is 0 Å². The lowest BCUT2D eigenvalue weighted by Gasteiger charge is -2.20. The number of nitrogens with one attached hydrogen (secondary N) is 1. The third kappa shape index (κ3) is 7.53. The monoisotopic (exact) mass is 327 g/mol. The molecule has 0 aromatic heterocycles. The SMILES string of the molecule is CN(C)CCNC(=O)CN(CCc1ccccc1)S(C)(=O)=O. The van der Waals surface area contributed by atoms with Crippen molar-refractivity contribution in [2.75, 3.05) is 46.5 Å². The molecule has 124 valence electrons. The number of rotatable bonds is 9. The second-order valence-corrected chi connectivity index (χ2v) is 7.47. The highest BCUT2D eigenvalue weighted by Crippen LogP contribution is 2.04. The van der Waals surface area contributed by atoms with Crippen LogP contribution in [0.3, 0.4) is 0 Å². The van der Waals surface area contributed by atoms with E-state index in [1.165, 1.54) is 4.31 Å². The molecule has 1 amide bonds. The first-order chi connectivity index (χ1) is 10.3. The van der Waals surface area contributed by atoms with Gasteiger partial charge >= 0.3 is 0 Å². The van der Waals surface area contributed by atoms with Crippen molar-refractivity contribution < 1.29 is 13.2 Å². The summed E-state index contributed by atoms with van der Waals surface area (Å²) >= 11 is 0. The molecule has 0 bridgehead atoms. The molecular formula is C15H25N3O3S. The van der Waals surface area contributed by atoms with Crippen molar-refractivity contribution in [2.24, 2.45) is 0 Å². The highest BCUT2D eigenvalue weighted by Gasteiger charge is 2.19. The summed E-state index contributed by atoms with van der Waals surface area (Å²) in [5.74, 6) is -0.277. The number of benzene rings is 1. The van der Waals surface area contributed by atoms with E-state index in [1.807, 2.05) is 49.3 Å². The molecule has 0 radical (unpaired) electrons. The Labute approximate surface area is 133 Å². The fourth-order valence-corrected chi connectivity index (χ4v) is 2.67. The molecule has 0 fully saturated rings. The summed E-state index contributed by atoms with van der Waals surface area (Å²) in [7, 11) is 0.414. The maximum Gasteiger partial charge on any atom is 0.235 e. The van der Waals surface area contributed by atoms with Gasteiger partial charge in [-0.3, -0.25) is 4.79 Å². The highest BCUT2D eigenvalue weighted by atomic mass is 32.2. The molecule has 0 spiro atoms. The van der Waals surface area contributed by atoms with Gasteiger partial charge in [-0.25, -0.2) is 8.42 Å². The van der Waals surface area contributed by atoms with E-state index in [2.05, 4.69) is 5.32 Å². The molecule has 7 heteroatoms. The van der Waals surface area contributed by atoms with Gasteiger partial charge in [0.1, 0.15) is 0 Å². The van der Waals surface area contributed by atoms with E-state index in [0.717, 1.165) is 11.8 Å². The summed E-state index contributed by atoms with van der Waals surface area (Å²) in [4.78, 5) is 13.8. The second kappa shape index (κ2) is 8.87. The summed E-state index contributed by atoms with van der Waals surface area (Å²) < 4.78 is 24.8. The van der Waals surface area contributed by atoms with Crippen molar-refractivity contribution in [2.45, 2.75) is 6.42 Å². The maximum absolute atomic E-state index is 11.9. The van der Waals surface area contributed by atoms with Gasteiger partial charge in [0.05, 0.1) is 12.8 Å². The first-order valence-electron chi connectivity index (χ1n) is 7.19. The number of sulfonamides is 1. The molecule has 0 saturated heterocycles. The molecule has 0 unspecified atom stereocenters. The first kappa shape index (κ1) is 18.6. The van der Waals surface area contributed by atoms with Crippen LogP contribution in [0.25, 0.3) is 0 Å². The fraction of sp³-hybridized carbons (Fsp3) is 0.533. The van der Waals surface area contributed by atoms with E-state index in [9.17, 15) is 13.2 Å². The van der Waals surface area contributed by atoms with Crippen LogP contribution in [-0.2, 0) is 21.2 Å². The predicted molar refractivity (Wildman–Crippen MR) is 88.1 cm³/mol. The summed E-state index contributed by atoms with van der Waals surface area (Å²) in [6, 6.07) is 9.62. The lowest BCUT2D eigenvalue weighted by molar-refractivity contribution is -0.121. The standard InChI is InChI=1S/C15H25N3O3S/c1-17(2)12-10-16-15(19)13-18(22(3,20)21)11-9-14-7-5-4-6-8-14/h4-8H,9-13H2,1-3H3,(H,16,19). The van der Waals surface area contributed by atoms with Crippen LogP contribution < -0.4 is 5.32 Å². The molecule has 0 heterocycles. The minimum Gasteiger partial charge on any atom is -0.354 e. The van der Waals surface area contributed by atoms with Crippen molar-refractivity contribution in [3.63, 3.8) is 0 Å². The summed E-state index contributed by atoms with van der Waals surface area (Å²) in [6.07, 6.45) is 1.71. The minimum absolute atomic E-state index is 0.140. The molecule has 6 nitrogen and oxygen atoms in total. The summed E-state index contributed by atoms with van der Waals surface area (Å²) in [6.45, 7) is 1.37. The van der Waals surface area contributed by atoms with Crippen LogP contribution in [0.2, 0.25) is 0 Å². The predicted octanol–water partition coefficient (Wildman–Crippen LogP) is 0.169. The van der Waals surface area contributed by atoms with Gasteiger partial charge in [-0.2, -0.15) is 4.31 Å². The third-order valence-electron chi connectivity index (χ3n) is 3.16. The topological polar surface area (TPSA) is 69.7 Å². The highest BCUT2D eigenvalue weighted by molar-refractivity contribution is 7.88. The number of nitrogens with zero attached hydrogens (tertiary/aromatic N) is 2. The van der Waals surface area contributed by atoms with Gasteiger partial charge in [-0.1, -0.05) is 30.3 Å². The molecule has 1 rings (SSSR count). The molecule has 1 N–H and O–H groups in total. The zero-order valence-corrected chi connectivity index (χ0v) is 14.3. The number of hydrogen-bond acceptors (Lipinski definition) is 4. The second-order valence-electron chi connectivity index (χ2n) is 5.49. The van der Waals surface area contributed by atoms with Gasteiger partial charge in [-0.15, -0.1) is 0 Å². The van der Waals surface area contributed by atoms with E-state index in [1.54, 1.807) is 0 Å². The average molecular weight is 327 g/mol. The van der Waals surface area contributed by atoms with Crippen molar-refractivity contribution >= 4 is 15.9 Å². The quantitative estimate of drug-likeness (QED) is 0.702. The fourth-order valence-electron chi connectivity index (χ4n) is 1.90. The Bertz CT molecular complexity index is 559. The Morgan fingerprint density at radius 3 is 2.32 bits per heavy atom. The van der Waals surface area contributed by atoms with Crippen LogP contribution in [0.5, 0.6) is 0 Å². The largest absolute Gasteiger partial charge is 0.354 e. The minimum atomic E-state index is -3.41. The molecule has 0 aliphatic carbocycles. The van der Waals surface area contributed by atoms with Crippen molar-refractivity contribution in [1.29, 1.82) is 0 Å².